The van der Waals surface area contributed by atoms with E-state index >= 15 is 0 Å². The van der Waals surface area contributed by atoms with Crippen LogP contribution in [-0.2, 0) is 26.1 Å². The van der Waals surface area contributed by atoms with Crippen molar-refractivity contribution < 1.29 is 17.9 Å². The van der Waals surface area contributed by atoms with Crippen LogP contribution in [0.3, 0.4) is 0 Å². The molecule has 1 unspecified atom stereocenters. The number of halogens is 1. The van der Waals surface area contributed by atoms with Crippen LogP contribution in [0.4, 0.5) is 0 Å². The molecule has 0 spiro atoms. The lowest BCUT2D eigenvalue weighted by molar-refractivity contribution is -0.121. The molecule has 1 aromatic rings. The molecular formula is C15H26ClN3O4S. The predicted molar refractivity (Wildman–Crippen MR) is 95.5 cm³/mol. The van der Waals surface area contributed by atoms with Crippen molar-refractivity contribution in [1.29, 1.82) is 0 Å². The maximum atomic E-state index is 12.1. The van der Waals surface area contributed by atoms with Gasteiger partial charge in [0.25, 0.3) is 0 Å². The number of methoxy groups -OCH3 is 1. The summed E-state index contributed by atoms with van der Waals surface area (Å²) < 4.78 is 31.5. The van der Waals surface area contributed by atoms with Gasteiger partial charge in [-0.1, -0.05) is 12.1 Å². The van der Waals surface area contributed by atoms with E-state index in [2.05, 4.69) is 10.0 Å². The van der Waals surface area contributed by atoms with Crippen molar-refractivity contribution in [2.24, 2.45) is 5.73 Å². The van der Waals surface area contributed by atoms with Crippen LogP contribution >= 0.6 is 12.4 Å². The Kier molecular flexibility index (Phi) is 10.8. The summed E-state index contributed by atoms with van der Waals surface area (Å²) in [4.78, 5) is 11.8. The van der Waals surface area contributed by atoms with Crippen molar-refractivity contribution in [3.63, 3.8) is 0 Å². The summed E-state index contributed by atoms with van der Waals surface area (Å²) >= 11 is 0. The number of ether oxygens (including phenoxy) is 1. The second-order valence-corrected chi connectivity index (χ2v) is 7.10. The first-order valence-corrected chi connectivity index (χ1v) is 8.93. The molecule has 1 rings (SSSR count). The number of nitrogens with one attached hydrogen (secondary N) is 2. The van der Waals surface area contributed by atoms with Crippen LogP contribution in [0.1, 0.15) is 25.3 Å². The highest BCUT2D eigenvalue weighted by Crippen LogP contribution is 2.11. The largest absolute Gasteiger partial charge is 0.383 e. The Balaban J connectivity index is 0.00000529. The maximum Gasteiger partial charge on any atom is 0.240 e. The Morgan fingerprint density at radius 2 is 2.08 bits per heavy atom. The fraction of sp³-hybridized carbons (Fsp3) is 0.533. The van der Waals surface area contributed by atoms with Gasteiger partial charge in [0.05, 0.1) is 11.5 Å². The number of carbonyl (C=O) groups is 1. The Hall–Kier alpha value is -1.19. The van der Waals surface area contributed by atoms with E-state index in [4.69, 9.17) is 10.5 Å². The first-order valence-electron chi connectivity index (χ1n) is 7.45. The van der Waals surface area contributed by atoms with Gasteiger partial charge < -0.3 is 15.8 Å². The summed E-state index contributed by atoms with van der Waals surface area (Å²) in [5.41, 5.74) is 6.32. The molecular weight excluding hydrogens is 354 g/mol. The Morgan fingerprint density at radius 3 is 2.71 bits per heavy atom. The molecule has 1 amide bonds. The summed E-state index contributed by atoms with van der Waals surface area (Å²) in [6.07, 6.45) is 0.970. The van der Waals surface area contributed by atoms with E-state index in [1.165, 1.54) is 13.2 Å². The third-order valence-electron chi connectivity index (χ3n) is 3.12. The van der Waals surface area contributed by atoms with Crippen LogP contribution in [-0.4, -0.2) is 40.6 Å². The average molecular weight is 380 g/mol. The van der Waals surface area contributed by atoms with Crippen LogP contribution in [0.5, 0.6) is 0 Å². The molecule has 0 heterocycles. The molecule has 138 valence electrons. The zero-order chi connectivity index (χ0) is 17.3. The molecule has 4 N–H and O–H groups in total. The number of amides is 1. The molecule has 0 saturated carbocycles. The number of carbonyl (C=O) groups excluding carboxylic acids is 1. The molecule has 0 aliphatic heterocycles. The lowest BCUT2D eigenvalue weighted by Crippen LogP contribution is -2.28. The summed E-state index contributed by atoms with van der Waals surface area (Å²) in [6, 6.07) is 6.44. The summed E-state index contributed by atoms with van der Waals surface area (Å²) in [6.45, 7) is 2.63. The van der Waals surface area contributed by atoms with Gasteiger partial charge in [-0.05, 0) is 31.0 Å². The second kappa shape index (κ2) is 11.4. The molecule has 1 atom stereocenters. The van der Waals surface area contributed by atoms with E-state index in [9.17, 15) is 13.2 Å². The third kappa shape index (κ3) is 8.60. The monoisotopic (exact) mass is 379 g/mol. The van der Waals surface area contributed by atoms with Gasteiger partial charge in [-0.15, -0.1) is 12.4 Å². The summed E-state index contributed by atoms with van der Waals surface area (Å²) in [5.74, 6) is -0.103. The molecule has 0 aromatic heterocycles. The van der Waals surface area contributed by atoms with E-state index in [-0.39, 0.29) is 42.3 Å². The van der Waals surface area contributed by atoms with E-state index in [1.54, 1.807) is 18.2 Å². The Morgan fingerprint density at radius 1 is 1.38 bits per heavy atom. The normalized spacial score (nSPS) is 12.3. The van der Waals surface area contributed by atoms with Gasteiger partial charge in [0.15, 0.2) is 0 Å². The predicted octanol–water partition coefficient (Wildman–Crippen LogP) is 0.777. The molecule has 0 bridgehead atoms. The van der Waals surface area contributed by atoms with Gasteiger partial charge in [-0.2, -0.15) is 0 Å². The van der Waals surface area contributed by atoms with Crippen molar-refractivity contribution in [3.05, 3.63) is 29.8 Å². The average Bonchev–Trinajstić information content (AvgIpc) is 2.51. The fourth-order valence-electron chi connectivity index (χ4n) is 1.83. The minimum Gasteiger partial charge on any atom is -0.383 e. The SMILES string of the molecule is COCCNS(=O)(=O)c1cccc(CNC(=O)CCC(C)N)c1.Cl. The van der Waals surface area contributed by atoms with Gasteiger partial charge in [-0.3, -0.25) is 4.79 Å². The molecule has 0 fully saturated rings. The number of nitrogens with two attached hydrogens (primary N) is 1. The molecule has 0 saturated heterocycles. The molecule has 0 radical (unpaired) electrons. The topological polar surface area (TPSA) is 111 Å². The number of rotatable bonds is 10. The minimum absolute atomic E-state index is 0. The summed E-state index contributed by atoms with van der Waals surface area (Å²) in [7, 11) is -2.07. The lowest BCUT2D eigenvalue weighted by atomic mass is 10.2. The number of sulfonamides is 1. The molecule has 0 aliphatic carbocycles. The highest BCUT2D eigenvalue weighted by Gasteiger charge is 2.13. The minimum atomic E-state index is -3.57. The number of hydrogen-bond acceptors (Lipinski definition) is 5. The van der Waals surface area contributed by atoms with E-state index in [1.807, 2.05) is 6.92 Å². The van der Waals surface area contributed by atoms with Crippen LogP contribution in [0.15, 0.2) is 29.2 Å². The van der Waals surface area contributed by atoms with Crippen LogP contribution in [0.2, 0.25) is 0 Å². The molecule has 0 aliphatic rings. The third-order valence-corrected chi connectivity index (χ3v) is 4.58. The zero-order valence-electron chi connectivity index (χ0n) is 13.9. The van der Waals surface area contributed by atoms with Gasteiger partial charge >= 0.3 is 0 Å². The summed E-state index contributed by atoms with van der Waals surface area (Å²) in [5, 5.41) is 2.76. The number of hydrogen-bond donors (Lipinski definition) is 3. The van der Waals surface area contributed by atoms with E-state index < -0.39 is 10.0 Å². The first kappa shape index (κ1) is 22.8. The van der Waals surface area contributed by atoms with Gasteiger partial charge in [-0.25, -0.2) is 13.1 Å². The molecule has 1 aromatic carbocycles. The van der Waals surface area contributed by atoms with E-state index in [0.717, 1.165) is 0 Å². The highest BCUT2D eigenvalue weighted by molar-refractivity contribution is 7.89. The smallest absolute Gasteiger partial charge is 0.240 e. The van der Waals surface area contributed by atoms with Crippen molar-refractivity contribution in [2.75, 3.05) is 20.3 Å². The first-order chi connectivity index (χ1) is 10.8. The lowest BCUT2D eigenvalue weighted by Gasteiger charge is -2.10. The van der Waals surface area contributed by atoms with Crippen molar-refractivity contribution >= 4 is 28.3 Å². The van der Waals surface area contributed by atoms with E-state index in [0.29, 0.717) is 25.0 Å². The molecule has 7 nitrogen and oxygen atoms in total. The molecule has 9 heteroatoms. The zero-order valence-corrected chi connectivity index (χ0v) is 15.6. The van der Waals surface area contributed by atoms with Gasteiger partial charge in [0.2, 0.25) is 15.9 Å². The molecule has 24 heavy (non-hydrogen) atoms. The van der Waals surface area contributed by atoms with Crippen molar-refractivity contribution in [1.82, 2.24) is 10.0 Å². The second-order valence-electron chi connectivity index (χ2n) is 5.33. The van der Waals surface area contributed by atoms with Gasteiger partial charge in [0.1, 0.15) is 0 Å². The maximum absolute atomic E-state index is 12.1. The fourth-order valence-corrected chi connectivity index (χ4v) is 2.91. The number of benzene rings is 1. The Labute approximate surface area is 149 Å². The van der Waals surface area contributed by atoms with Gasteiger partial charge in [0, 0.05) is 32.7 Å². The van der Waals surface area contributed by atoms with Crippen LogP contribution in [0.25, 0.3) is 0 Å². The highest BCUT2D eigenvalue weighted by atomic mass is 35.5. The van der Waals surface area contributed by atoms with Crippen molar-refractivity contribution in [2.45, 2.75) is 37.2 Å². The van der Waals surface area contributed by atoms with Crippen LogP contribution < -0.4 is 15.8 Å². The standard InChI is InChI=1S/C15H25N3O4S.ClH/c1-12(16)6-7-15(19)17-11-13-4-3-5-14(10-13)23(20,21)18-8-9-22-2;/h3-5,10,12,18H,6-9,11,16H2,1-2H3,(H,17,19);1H. The Bertz CT molecular complexity index is 608. The van der Waals surface area contributed by atoms with Crippen LogP contribution in [0, 0.1) is 0 Å². The van der Waals surface area contributed by atoms with Crippen molar-refractivity contribution in [3.8, 4) is 0 Å². The quantitative estimate of drug-likeness (QED) is 0.520.